The van der Waals surface area contributed by atoms with Gasteiger partial charge in [0.25, 0.3) is 0 Å². The van der Waals surface area contributed by atoms with Crippen LogP contribution < -0.4 is 19.1 Å². The van der Waals surface area contributed by atoms with E-state index in [1.165, 1.54) is 11.0 Å². The first kappa shape index (κ1) is 26.3. The summed E-state index contributed by atoms with van der Waals surface area (Å²) in [6.07, 6.45) is 1.41. The van der Waals surface area contributed by atoms with Crippen molar-refractivity contribution in [3.63, 3.8) is 0 Å². The maximum atomic E-state index is 13.7. The molecule has 9 nitrogen and oxygen atoms in total. The molecule has 190 valence electrons. The van der Waals surface area contributed by atoms with Gasteiger partial charge in [0.1, 0.15) is 12.6 Å². The van der Waals surface area contributed by atoms with Gasteiger partial charge in [-0.05, 0) is 44.9 Å². The number of hydrogen-bond acceptors (Lipinski definition) is 6. The molecular weight excluding hydrogens is 470 g/mol. The summed E-state index contributed by atoms with van der Waals surface area (Å²) in [4.78, 5) is 28.1. The first-order chi connectivity index (χ1) is 16.5. The van der Waals surface area contributed by atoms with E-state index in [1.54, 1.807) is 12.1 Å². The standard InChI is InChI=1S/C25H33N3O6S/c1-6-21(25(30)26-17(2)3)27(14-19-9-7-8-18(4)12-19)24(29)15-28(35(5,31)32)20-10-11-22-23(13-20)34-16-33-22/h7-13,17,21H,6,14-16H2,1-5H3,(H,26,30)/t21-/m0/s1. The van der Waals surface area contributed by atoms with Gasteiger partial charge in [-0.2, -0.15) is 0 Å². The third kappa shape index (κ3) is 6.66. The Kier molecular flexibility index (Phi) is 8.26. The van der Waals surface area contributed by atoms with E-state index >= 15 is 0 Å². The van der Waals surface area contributed by atoms with Crippen LogP contribution in [0.15, 0.2) is 42.5 Å². The number of sulfonamides is 1. The second kappa shape index (κ2) is 11.0. The van der Waals surface area contributed by atoms with Crippen molar-refractivity contribution in [3.05, 3.63) is 53.6 Å². The minimum atomic E-state index is -3.83. The Morgan fingerprint density at radius 3 is 2.43 bits per heavy atom. The van der Waals surface area contributed by atoms with E-state index in [4.69, 9.17) is 9.47 Å². The highest BCUT2D eigenvalue weighted by Gasteiger charge is 2.32. The number of nitrogens with one attached hydrogen (secondary N) is 1. The highest BCUT2D eigenvalue weighted by Crippen LogP contribution is 2.36. The summed E-state index contributed by atoms with van der Waals surface area (Å²) in [6, 6.07) is 11.5. The van der Waals surface area contributed by atoms with Gasteiger partial charge < -0.3 is 19.7 Å². The zero-order chi connectivity index (χ0) is 25.8. The first-order valence-electron chi connectivity index (χ1n) is 11.5. The van der Waals surface area contributed by atoms with Crippen molar-refractivity contribution in [3.8, 4) is 11.5 Å². The highest BCUT2D eigenvalue weighted by atomic mass is 32.2. The molecular formula is C25H33N3O6S. The number of hydrogen-bond donors (Lipinski definition) is 1. The molecule has 2 aromatic carbocycles. The number of aryl methyl sites for hydroxylation is 1. The molecule has 2 aromatic rings. The van der Waals surface area contributed by atoms with Crippen molar-refractivity contribution in [2.75, 3.05) is 23.9 Å². The first-order valence-corrected chi connectivity index (χ1v) is 13.4. The lowest BCUT2D eigenvalue weighted by Crippen LogP contribution is -2.53. The molecule has 2 amide bonds. The van der Waals surface area contributed by atoms with Crippen molar-refractivity contribution in [2.24, 2.45) is 0 Å². The SMILES string of the molecule is CC[C@@H](C(=O)NC(C)C)N(Cc1cccc(C)c1)C(=O)CN(c1ccc2c(c1)OCO2)S(C)(=O)=O. The summed E-state index contributed by atoms with van der Waals surface area (Å²) in [5.74, 6) is 0.145. The molecule has 10 heteroatoms. The maximum absolute atomic E-state index is 13.7. The quantitative estimate of drug-likeness (QED) is 0.535. The zero-order valence-corrected chi connectivity index (χ0v) is 21.6. The van der Waals surface area contributed by atoms with Crippen LogP contribution in [0, 0.1) is 6.92 Å². The lowest BCUT2D eigenvalue weighted by atomic mass is 10.1. The van der Waals surface area contributed by atoms with Gasteiger partial charge >= 0.3 is 0 Å². The van der Waals surface area contributed by atoms with Crippen LogP contribution in [0.5, 0.6) is 11.5 Å². The van der Waals surface area contributed by atoms with Gasteiger partial charge in [0.2, 0.25) is 28.6 Å². The number of anilines is 1. The number of rotatable bonds is 10. The van der Waals surface area contributed by atoms with E-state index < -0.39 is 28.5 Å². The molecule has 1 aliphatic rings. The van der Waals surface area contributed by atoms with Crippen molar-refractivity contribution < 1.29 is 27.5 Å². The Bertz CT molecular complexity index is 1180. The van der Waals surface area contributed by atoms with Gasteiger partial charge in [-0.25, -0.2) is 8.42 Å². The molecule has 0 unspecified atom stereocenters. The molecule has 0 spiro atoms. The summed E-state index contributed by atoms with van der Waals surface area (Å²) in [7, 11) is -3.83. The highest BCUT2D eigenvalue weighted by molar-refractivity contribution is 7.92. The average Bonchev–Trinajstić information content (AvgIpc) is 3.23. The molecule has 0 fully saturated rings. The van der Waals surface area contributed by atoms with Gasteiger partial charge in [0.05, 0.1) is 11.9 Å². The molecule has 0 saturated carbocycles. The van der Waals surface area contributed by atoms with Crippen LogP contribution in [0.1, 0.15) is 38.3 Å². The van der Waals surface area contributed by atoms with Crippen LogP contribution in [-0.4, -0.2) is 56.8 Å². The van der Waals surface area contributed by atoms with Gasteiger partial charge in [-0.1, -0.05) is 36.8 Å². The van der Waals surface area contributed by atoms with Crippen LogP contribution in [0.4, 0.5) is 5.69 Å². The maximum Gasteiger partial charge on any atom is 0.244 e. The normalized spacial score (nSPS) is 13.4. The van der Waals surface area contributed by atoms with Crippen LogP contribution in [-0.2, 0) is 26.2 Å². The molecule has 0 bridgehead atoms. The fraction of sp³-hybridized carbons (Fsp3) is 0.440. The van der Waals surface area contributed by atoms with E-state index in [-0.39, 0.29) is 31.0 Å². The second-order valence-electron chi connectivity index (χ2n) is 8.91. The minimum Gasteiger partial charge on any atom is -0.454 e. The largest absolute Gasteiger partial charge is 0.454 e. The lowest BCUT2D eigenvalue weighted by Gasteiger charge is -2.33. The van der Waals surface area contributed by atoms with Gasteiger partial charge in [-0.15, -0.1) is 0 Å². The van der Waals surface area contributed by atoms with Crippen molar-refractivity contribution in [2.45, 2.75) is 52.7 Å². The molecule has 1 N–H and O–H groups in total. The molecule has 1 aliphatic heterocycles. The van der Waals surface area contributed by atoms with E-state index in [1.807, 2.05) is 52.0 Å². The molecule has 35 heavy (non-hydrogen) atoms. The van der Waals surface area contributed by atoms with Gasteiger partial charge in [0.15, 0.2) is 11.5 Å². The number of amides is 2. The number of fused-ring (bicyclic) bond motifs is 1. The van der Waals surface area contributed by atoms with E-state index in [9.17, 15) is 18.0 Å². The van der Waals surface area contributed by atoms with Crippen molar-refractivity contribution in [1.82, 2.24) is 10.2 Å². The van der Waals surface area contributed by atoms with Gasteiger partial charge in [0, 0.05) is 18.7 Å². The smallest absolute Gasteiger partial charge is 0.244 e. The molecule has 1 heterocycles. The summed E-state index contributed by atoms with van der Waals surface area (Å²) in [5, 5.41) is 2.87. The fourth-order valence-corrected chi connectivity index (χ4v) is 4.80. The predicted octanol–water partition coefficient (Wildman–Crippen LogP) is 2.82. The Balaban J connectivity index is 1.95. The molecule has 0 aromatic heterocycles. The Hall–Kier alpha value is -3.27. The lowest BCUT2D eigenvalue weighted by molar-refractivity contribution is -0.140. The van der Waals surface area contributed by atoms with Crippen LogP contribution in [0.3, 0.4) is 0 Å². The number of ether oxygens (including phenoxy) is 2. The van der Waals surface area contributed by atoms with Gasteiger partial charge in [-0.3, -0.25) is 13.9 Å². The van der Waals surface area contributed by atoms with Crippen LogP contribution in [0.2, 0.25) is 0 Å². The fourth-order valence-electron chi connectivity index (χ4n) is 3.96. The zero-order valence-electron chi connectivity index (χ0n) is 20.8. The molecule has 1 atom stereocenters. The summed E-state index contributed by atoms with van der Waals surface area (Å²) >= 11 is 0. The monoisotopic (exact) mass is 503 g/mol. The Morgan fingerprint density at radius 2 is 1.80 bits per heavy atom. The van der Waals surface area contributed by atoms with Crippen molar-refractivity contribution in [1.29, 1.82) is 0 Å². The molecule has 0 aliphatic carbocycles. The molecule has 0 radical (unpaired) electrons. The average molecular weight is 504 g/mol. The third-order valence-electron chi connectivity index (χ3n) is 5.58. The van der Waals surface area contributed by atoms with Crippen molar-refractivity contribution >= 4 is 27.5 Å². The number of benzene rings is 2. The van der Waals surface area contributed by atoms with E-state index in [2.05, 4.69) is 5.32 Å². The number of carbonyl (C=O) groups is 2. The number of nitrogens with zero attached hydrogens (tertiary/aromatic N) is 2. The molecule has 3 rings (SSSR count). The van der Waals surface area contributed by atoms with Crippen LogP contribution >= 0.6 is 0 Å². The molecule has 0 saturated heterocycles. The number of carbonyl (C=O) groups excluding carboxylic acids is 2. The van der Waals surface area contributed by atoms with E-state index in [0.717, 1.165) is 21.7 Å². The summed E-state index contributed by atoms with van der Waals surface area (Å²) < 4.78 is 37.1. The minimum absolute atomic E-state index is 0.0456. The topological polar surface area (TPSA) is 105 Å². The summed E-state index contributed by atoms with van der Waals surface area (Å²) in [6.45, 7) is 7.23. The Morgan fingerprint density at radius 1 is 1.09 bits per heavy atom. The summed E-state index contributed by atoms with van der Waals surface area (Å²) in [5.41, 5.74) is 2.15. The third-order valence-corrected chi connectivity index (χ3v) is 6.72. The van der Waals surface area contributed by atoms with Crippen LogP contribution in [0.25, 0.3) is 0 Å². The second-order valence-corrected chi connectivity index (χ2v) is 10.8. The Labute approximate surface area is 207 Å². The predicted molar refractivity (Wildman–Crippen MR) is 134 cm³/mol. The van der Waals surface area contributed by atoms with E-state index in [0.29, 0.717) is 17.9 Å².